The Morgan fingerprint density at radius 3 is 2.89 bits per heavy atom. The Kier molecular flexibility index (Phi) is 5.33. The summed E-state index contributed by atoms with van der Waals surface area (Å²) in [5.41, 5.74) is 10.3. The monoisotopic (exact) mass is 394 g/mol. The van der Waals surface area contributed by atoms with Crippen molar-refractivity contribution in [2.45, 2.75) is 31.3 Å². The number of rotatable bonds is 4. The summed E-state index contributed by atoms with van der Waals surface area (Å²) in [6.45, 7) is 6.18. The summed E-state index contributed by atoms with van der Waals surface area (Å²) in [4.78, 5) is 8.09. The number of nitrogens with one attached hydrogen (secondary N) is 1. The molecule has 0 spiro atoms. The first-order chi connectivity index (χ1) is 13.5. The Hall–Kier alpha value is -2.44. The van der Waals surface area contributed by atoms with Crippen molar-refractivity contribution in [3.05, 3.63) is 59.7 Å². The molecule has 2 atom stereocenters. The first kappa shape index (κ1) is 18.9. The standard InChI is InChI=1S/C22H26N4OS/c1-15-7-8-19-18(11-15)20(24-13-16(2)23)12-22(25-19)26-9-10-28(27)21-6-4-3-5-17(21)14-26/h3-8,11-12,16H,9-10,13-14,23H2,1-2H3,(H,24,25)/t16-,28?/m1/s1. The van der Waals surface area contributed by atoms with Gasteiger partial charge in [-0.3, -0.25) is 4.21 Å². The van der Waals surface area contributed by atoms with Crippen molar-refractivity contribution in [1.29, 1.82) is 0 Å². The van der Waals surface area contributed by atoms with Crippen LogP contribution in [0.1, 0.15) is 18.1 Å². The van der Waals surface area contributed by atoms with Crippen LogP contribution >= 0.6 is 0 Å². The molecule has 0 saturated carbocycles. The Balaban J connectivity index is 1.76. The van der Waals surface area contributed by atoms with Crippen LogP contribution in [0, 0.1) is 6.92 Å². The minimum Gasteiger partial charge on any atom is -0.383 e. The topological polar surface area (TPSA) is 71.2 Å². The van der Waals surface area contributed by atoms with Crippen LogP contribution < -0.4 is 16.0 Å². The van der Waals surface area contributed by atoms with E-state index in [1.165, 1.54) is 5.56 Å². The lowest BCUT2D eigenvalue weighted by Gasteiger charge is -2.23. The third kappa shape index (κ3) is 3.88. The van der Waals surface area contributed by atoms with Gasteiger partial charge in [0, 0.05) is 53.5 Å². The molecule has 1 unspecified atom stereocenters. The molecule has 3 N–H and O–H groups in total. The number of hydrogen-bond donors (Lipinski definition) is 2. The van der Waals surface area contributed by atoms with Gasteiger partial charge in [-0.2, -0.15) is 0 Å². The van der Waals surface area contributed by atoms with Gasteiger partial charge in [-0.25, -0.2) is 4.98 Å². The summed E-state index contributed by atoms with van der Waals surface area (Å²) in [6.07, 6.45) is 0. The average molecular weight is 395 g/mol. The Morgan fingerprint density at radius 2 is 2.07 bits per heavy atom. The van der Waals surface area contributed by atoms with Gasteiger partial charge >= 0.3 is 0 Å². The molecule has 5 nitrogen and oxygen atoms in total. The van der Waals surface area contributed by atoms with Crippen LogP contribution in [0.4, 0.5) is 11.5 Å². The van der Waals surface area contributed by atoms with E-state index >= 15 is 0 Å². The molecule has 0 bridgehead atoms. The molecule has 2 aromatic carbocycles. The number of aromatic nitrogens is 1. The Morgan fingerprint density at radius 1 is 1.25 bits per heavy atom. The van der Waals surface area contributed by atoms with Crippen molar-refractivity contribution in [2.24, 2.45) is 5.73 Å². The smallest absolute Gasteiger partial charge is 0.131 e. The van der Waals surface area contributed by atoms with Crippen molar-refractivity contribution in [3.8, 4) is 0 Å². The van der Waals surface area contributed by atoms with E-state index in [1.807, 2.05) is 25.1 Å². The van der Waals surface area contributed by atoms with Gasteiger partial charge in [-0.1, -0.05) is 29.8 Å². The van der Waals surface area contributed by atoms with Gasteiger partial charge in [0.1, 0.15) is 5.82 Å². The number of pyridine rings is 1. The normalized spacial score (nSPS) is 17.8. The fraction of sp³-hybridized carbons (Fsp3) is 0.318. The molecular formula is C22H26N4OS. The molecule has 0 radical (unpaired) electrons. The highest BCUT2D eigenvalue weighted by atomic mass is 32.2. The quantitative estimate of drug-likeness (QED) is 0.709. The van der Waals surface area contributed by atoms with Gasteiger partial charge in [0.25, 0.3) is 0 Å². The minimum atomic E-state index is -0.974. The van der Waals surface area contributed by atoms with Crippen LogP contribution in [0.3, 0.4) is 0 Å². The molecule has 0 saturated heterocycles. The molecule has 1 aromatic heterocycles. The van der Waals surface area contributed by atoms with Crippen molar-refractivity contribution < 1.29 is 4.21 Å². The molecule has 1 aliphatic heterocycles. The van der Waals surface area contributed by atoms with Gasteiger partial charge in [0.15, 0.2) is 0 Å². The highest BCUT2D eigenvalue weighted by molar-refractivity contribution is 7.85. The summed E-state index contributed by atoms with van der Waals surface area (Å²) < 4.78 is 12.6. The van der Waals surface area contributed by atoms with E-state index in [1.54, 1.807) is 0 Å². The maximum Gasteiger partial charge on any atom is 0.131 e. The van der Waals surface area contributed by atoms with E-state index in [0.29, 0.717) is 25.4 Å². The fourth-order valence-corrected chi connectivity index (χ4v) is 4.81. The number of nitrogens with two attached hydrogens (primary N) is 1. The zero-order valence-corrected chi connectivity index (χ0v) is 17.1. The molecular weight excluding hydrogens is 368 g/mol. The number of fused-ring (bicyclic) bond motifs is 2. The van der Waals surface area contributed by atoms with E-state index < -0.39 is 10.8 Å². The lowest BCUT2D eigenvalue weighted by molar-refractivity contribution is 0.683. The molecule has 146 valence electrons. The van der Waals surface area contributed by atoms with Crippen LogP contribution in [0.25, 0.3) is 10.9 Å². The number of aryl methyl sites for hydroxylation is 1. The highest BCUT2D eigenvalue weighted by Gasteiger charge is 2.21. The third-order valence-electron chi connectivity index (χ3n) is 5.01. The number of benzene rings is 2. The maximum atomic E-state index is 12.6. The van der Waals surface area contributed by atoms with Crippen LogP contribution in [0.5, 0.6) is 0 Å². The second-order valence-electron chi connectivity index (χ2n) is 7.49. The lowest BCUT2D eigenvalue weighted by Crippen LogP contribution is -2.27. The fourth-order valence-electron chi connectivity index (χ4n) is 3.54. The molecule has 1 aliphatic rings. The average Bonchev–Trinajstić information content (AvgIpc) is 2.85. The van der Waals surface area contributed by atoms with E-state index in [0.717, 1.165) is 32.9 Å². The van der Waals surface area contributed by atoms with Crippen LogP contribution in [-0.4, -0.2) is 34.1 Å². The van der Waals surface area contributed by atoms with Crippen molar-refractivity contribution in [3.63, 3.8) is 0 Å². The van der Waals surface area contributed by atoms with Gasteiger partial charge in [-0.15, -0.1) is 0 Å². The van der Waals surface area contributed by atoms with Gasteiger partial charge in [0.05, 0.1) is 16.3 Å². The van der Waals surface area contributed by atoms with Crippen LogP contribution in [0.15, 0.2) is 53.4 Å². The number of nitrogens with zero attached hydrogens (tertiary/aromatic N) is 2. The van der Waals surface area contributed by atoms with Gasteiger partial charge in [-0.05, 0) is 37.6 Å². The van der Waals surface area contributed by atoms with Crippen molar-refractivity contribution in [1.82, 2.24) is 4.98 Å². The van der Waals surface area contributed by atoms with Crippen molar-refractivity contribution >= 4 is 33.2 Å². The molecule has 0 fully saturated rings. The summed E-state index contributed by atoms with van der Waals surface area (Å²) >= 11 is 0. The van der Waals surface area contributed by atoms with E-state index in [2.05, 4.69) is 47.5 Å². The number of anilines is 2. The van der Waals surface area contributed by atoms with Gasteiger partial charge < -0.3 is 16.0 Å². The molecule has 2 heterocycles. The predicted molar refractivity (Wildman–Crippen MR) is 117 cm³/mol. The highest BCUT2D eigenvalue weighted by Crippen LogP contribution is 2.30. The van der Waals surface area contributed by atoms with E-state index in [4.69, 9.17) is 10.7 Å². The first-order valence-corrected chi connectivity index (χ1v) is 11.0. The van der Waals surface area contributed by atoms with E-state index in [9.17, 15) is 4.21 Å². The zero-order chi connectivity index (χ0) is 19.7. The largest absolute Gasteiger partial charge is 0.383 e. The summed E-state index contributed by atoms with van der Waals surface area (Å²) in [5.74, 6) is 1.50. The SMILES string of the molecule is Cc1ccc2nc(N3CCS(=O)c4ccccc4C3)cc(NC[C@@H](C)N)c2c1. The summed E-state index contributed by atoms with van der Waals surface area (Å²) in [6, 6.07) is 16.5. The lowest BCUT2D eigenvalue weighted by atomic mass is 10.1. The van der Waals surface area contributed by atoms with Crippen LogP contribution in [0.2, 0.25) is 0 Å². The molecule has 3 aromatic rings. The Labute approximate surface area is 168 Å². The maximum absolute atomic E-state index is 12.6. The molecule has 28 heavy (non-hydrogen) atoms. The van der Waals surface area contributed by atoms with Gasteiger partial charge in [0.2, 0.25) is 0 Å². The summed E-state index contributed by atoms with van der Waals surface area (Å²) in [5, 5.41) is 4.59. The first-order valence-electron chi connectivity index (χ1n) is 9.63. The Bertz CT molecular complexity index is 1030. The number of hydrogen-bond acceptors (Lipinski definition) is 5. The molecule has 6 heteroatoms. The zero-order valence-electron chi connectivity index (χ0n) is 16.3. The second kappa shape index (κ2) is 7.89. The molecule has 0 aliphatic carbocycles. The second-order valence-corrected chi connectivity index (χ2v) is 9.02. The molecule has 0 amide bonds. The van der Waals surface area contributed by atoms with Crippen LogP contribution in [-0.2, 0) is 17.3 Å². The molecule has 4 rings (SSSR count). The summed E-state index contributed by atoms with van der Waals surface area (Å²) in [7, 11) is -0.974. The third-order valence-corrected chi connectivity index (χ3v) is 6.46. The van der Waals surface area contributed by atoms with E-state index in [-0.39, 0.29) is 6.04 Å². The van der Waals surface area contributed by atoms with Crippen molar-refractivity contribution in [2.75, 3.05) is 29.1 Å². The minimum absolute atomic E-state index is 0.0592. The predicted octanol–water partition coefficient (Wildman–Crippen LogP) is 3.43.